The minimum atomic E-state index is -0.221. The fourth-order valence-electron chi connectivity index (χ4n) is 2.82. The van der Waals surface area contributed by atoms with E-state index < -0.39 is 0 Å². The normalized spacial score (nSPS) is 14.9. The topological polar surface area (TPSA) is 58.4 Å². The molecule has 4 nitrogen and oxygen atoms in total. The van der Waals surface area contributed by atoms with E-state index in [1.54, 1.807) is 0 Å². The number of hydrogen-bond donors (Lipinski definition) is 2. The maximum Gasteiger partial charge on any atom is 0.231 e. The first-order chi connectivity index (χ1) is 8.99. The van der Waals surface area contributed by atoms with Gasteiger partial charge in [0.1, 0.15) is 0 Å². The van der Waals surface area contributed by atoms with Crippen molar-refractivity contribution in [1.29, 1.82) is 0 Å². The van der Waals surface area contributed by atoms with Crippen LogP contribution in [0.15, 0.2) is 18.2 Å². The van der Waals surface area contributed by atoms with Gasteiger partial charge >= 0.3 is 0 Å². The Morgan fingerprint density at radius 3 is 2.79 bits per heavy atom. The van der Waals surface area contributed by atoms with E-state index >= 15 is 0 Å². The van der Waals surface area contributed by atoms with Gasteiger partial charge in [0.15, 0.2) is 0 Å². The maximum absolute atomic E-state index is 12.3. The summed E-state index contributed by atoms with van der Waals surface area (Å²) in [6.45, 7) is 5.57. The smallest absolute Gasteiger partial charge is 0.231 e. The highest BCUT2D eigenvalue weighted by Crippen LogP contribution is 2.36. The number of carbonyl (C=O) groups is 1. The summed E-state index contributed by atoms with van der Waals surface area (Å²) >= 11 is 0. The number of rotatable bonds is 5. The second-order valence-electron chi connectivity index (χ2n) is 5.75. The summed E-state index contributed by atoms with van der Waals surface area (Å²) in [4.78, 5) is 14.2. The number of carbonyl (C=O) groups excluding carboxylic acids is 1. The molecule has 0 unspecified atom stereocenters. The first-order valence-electron chi connectivity index (χ1n) is 6.79. The summed E-state index contributed by atoms with van der Waals surface area (Å²) in [5.74, 6) is 0.176. The number of hydrogen-bond acceptors (Lipinski definition) is 3. The first-order valence-corrected chi connectivity index (χ1v) is 6.79. The number of nitrogens with two attached hydrogens (primary N) is 1. The number of anilines is 1. The number of amides is 1. The summed E-state index contributed by atoms with van der Waals surface area (Å²) < 4.78 is 0. The highest BCUT2D eigenvalue weighted by molar-refractivity contribution is 6.02. The Bertz CT molecular complexity index is 482. The molecule has 4 heteroatoms. The molecule has 19 heavy (non-hydrogen) atoms. The predicted molar refractivity (Wildman–Crippen MR) is 78.1 cm³/mol. The molecule has 1 amide bonds. The molecule has 0 atom stereocenters. The monoisotopic (exact) mass is 261 g/mol. The maximum atomic E-state index is 12.3. The van der Waals surface area contributed by atoms with Gasteiger partial charge in [-0.2, -0.15) is 0 Å². The van der Waals surface area contributed by atoms with Crippen molar-refractivity contribution < 1.29 is 4.79 Å². The molecular weight excluding hydrogens is 238 g/mol. The second-order valence-corrected chi connectivity index (χ2v) is 5.75. The molecular formula is C15H23N3O. The lowest BCUT2D eigenvalue weighted by Gasteiger charge is -2.36. The average molecular weight is 261 g/mol. The van der Waals surface area contributed by atoms with Gasteiger partial charge in [-0.15, -0.1) is 0 Å². The summed E-state index contributed by atoms with van der Waals surface area (Å²) in [6, 6.07) is 6.27. The van der Waals surface area contributed by atoms with Crippen LogP contribution in [0, 0.1) is 0 Å². The Hall–Kier alpha value is -1.39. The predicted octanol–water partition coefficient (Wildman–Crippen LogP) is 1.42. The van der Waals surface area contributed by atoms with Crippen LogP contribution in [0.25, 0.3) is 0 Å². The zero-order valence-corrected chi connectivity index (χ0v) is 12.0. The van der Waals surface area contributed by atoms with Crippen molar-refractivity contribution in [1.82, 2.24) is 5.32 Å². The van der Waals surface area contributed by atoms with Crippen LogP contribution in [0.1, 0.15) is 31.4 Å². The largest absolute Gasteiger partial charge is 0.330 e. The standard InChI is InChI=1S/C15H23N3O/c1-15(2,6-7-16)18-13-5-4-11(10-17-3)8-12(13)9-14(18)19/h4-5,8,17H,6-7,9-10,16H2,1-3H3. The molecule has 104 valence electrons. The van der Waals surface area contributed by atoms with Crippen LogP contribution in [0.4, 0.5) is 5.69 Å². The second kappa shape index (κ2) is 5.31. The molecule has 1 aliphatic rings. The van der Waals surface area contributed by atoms with Crippen LogP contribution >= 0.6 is 0 Å². The molecule has 1 aromatic rings. The third kappa shape index (κ3) is 2.65. The first kappa shape index (κ1) is 14.0. The van der Waals surface area contributed by atoms with E-state index in [9.17, 15) is 4.79 Å². The van der Waals surface area contributed by atoms with Crippen molar-refractivity contribution in [2.75, 3.05) is 18.5 Å². The fraction of sp³-hybridized carbons (Fsp3) is 0.533. The molecule has 0 saturated carbocycles. The molecule has 1 aliphatic heterocycles. The van der Waals surface area contributed by atoms with Crippen molar-refractivity contribution in [3.63, 3.8) is 0 Å². The lowest BCUT2D eigenvalue weighted by Crippen LogP contribution is -2.47. The Morgan fingerprint density at radius 2 is 2.16 bits per heavy atom. The number of nitrogens with zero attached hydrogens (tertiary/aromatic N) is 1. The number of nitrogens with one attached hydrogen (secondary N) is 1. The van der Waals surface area contributed by atoms with E-state index in [2.05, 4.69) is 37.4 Å². The molecule has 0 saturated heterocycles. The van der Waals surface area contributed by atoms with Crippen molar-refractivity contribution in [3.8, 4) is 0 Å². The van der Waals surface area contributed by atoms with Gasteiger partial charge in [-0.3, -0.25) is 4.79 Å². The molecule has 0 bridgehead atoms. The fourth-order valence-corrected chi connectivity index (χ4v) is 2.82. The van der Waals surface area contributed by atoms with E-state index in [0.717, 1.165) is 24.2 Å². The zero-order chi connectivity index (χ0) is 14.0. The Labute approximate surface area is 115 Å². The van der Waals surface area contributed by atoms with E-state index in [1.165, 1.54) is 5.56 Å². The summed E-state index contributed by atoms with van der Waals surface area (Å²) in [6.07, 6.45) is 1.30. The zero-order valence-electron chi connectivity index (χ0n) is 12.0. The van der Waals surface area contributed by atoms with Crippen LogP contribution in [0.2, 0.25) is 0 Å². The number of fused-ring (bicyclic) bond motifs is 1. The third-order valence-corrected chi connectivity index (χ3v) is 3.72. The van der Waals surface area contributed by atoms with Gasteiger partial charge in [-0.1, -0.05) is 12.1 Å². The van der Waals surface area contributed by atoms with Crippen molar-refractivity contribution in [2.45, 2.75) is 38.8 Å². The quantitative estimate of drug-likeness (QED) is 0.843. The van der Waals surface area contributed by atoms with Gasteiger partial charge in [-0.25, -0.2) is 0 Å². The number of benzene rings is 1. The van der Waals surface area contributed by atoms with Crippen molar-refractivity contribution >= 4 is 11.6 Å². The highest BCUT2D eigenvalue weighted by atomic mass is 16.2. The van der Waals surface area contributed by atoms with Crippen LogP contribution in [-0.4, -0.2) is 25.0 Å². The lowest BCUT2D eigenvalue weighted by molar-refractivity contribution is -0.118. The highest BCUT2D eigenvalue weighted by Gasteiger charge is 2.37. The van der Waals surface area contributed by atoms with Gasteiger partial charge in [0, 0.05) is 17.8 Å². The van der Waals surface area contributed by atoms with E-state index in [-0.39, 0.29) is 11.4 Å². The van der Waals surface area contributed by atoms with Gasteiger partial charge in [0.25, 0.3) is 0 Å². The Kier molecular flexibility index (Phi) is 3.92. The van der Waals surface area contributed by atoms with Crippen LogP contribution in [0.5, 0.6) is 0 Å². The minimum absolute atomic E-state index is 0.176. The lowest BCUT2D eigenvalue weighted by atomic mass is 9.97. The van der Waals surface area contributed by atoms with Gasteiger partial charge in [-0.05, 0) is 51.1 Å². The third-order valence-electron chi connectivity index (χ3n) is 3.72. The SMILES string of the molecule is CNCc1ccc2c(c1)CC(=O)N2C(C)(C)CCN. The van der Waals surface area contributed by atoms with Gasteiger partial charge in [0.05, 0.1) is 6.42 Å². The van der Waals surface area contributed by atoms with E-state index in [1.807, 2.05) is 11.9 Å². The molecule has 0 aliphatic carbocycles. The molecule has 0 spiro atoms. The van der Waals surface area contributed by atoms with Crippen LogP contribution in [0.3, 0.4) is 0 Å². The van der Waals surface area contributed by atoms with Gasteiger partial charge in [0.2, 0.25) is 5.91 Å². The van der Waals surface area contributed by atoms with E-state index in [0.29, 0.717) is 13.0 Å². The average Bonchev–Trinajstić information content (AvgIpc) is 2.65. The molecule has 1 aromatic carbocycles. The van der Waals surface area contributed by atoms with Crippen LogP contribution < -0.4 is 16.0 Å². The summed E-state index contributed by atoms with van der Waals surface area (Å²) in [7, 11) is 1.93. The summed E-state index contributed by atoms with van der Waals surface area (Å²) in [5, 5.41) is 3.13. The van der Waals surface area contributed by atoms with Crippen molar-refractivity contribution in [2.24, 2.45) is 5.73 Å². The molecule has 3 N–H and O–H groups in total. The summed E-state index contributed by atoms with van der Waals surface area (Å²) in [5.41, 5.74) is 8.83. The van der Waals surface area contributed by atoms with Crippen molar-refractivity contribution in [3.05, 3.63) is 29.3 Å². The molecule has 0 aromatic heterocycles. The van der Waals surface area contributed by atoms with Crippen LogP contribution in [-0.2, 0) is 17.8 Å². The molecule has 0 fully saturated rings. The minimum Gasteiger partial charge on any atom is -0.330 e. The molecule has 2 rings (SSSR count). The Balaban J connectivity index is 2.34. The molecule has 1 heterocycles. The Morgan fingerprint density at radius 1 is 1.42 bits per heavy atom. The molecule has 0 radical (unpaired) electrons. The van der Waals surface area contributed by atoms with Gasteiger partial charge < -0.3 is 16.0 Å². The van der Waals surface area contributed by atoms with E-state index in [4.69, 9.17) is 5.73 Å².